The third-order valence-corrected chi connectivity index (χ3v) is 4.83. The number of aromatic nitrogens is 2. The number of hydrogen-bond acceptors (Lipinski definition) is 7. The first-order valence-corrected chi connectivity index (χ1v) is 10.8. The Labute approximate surface area is 197 Å². The SMILES string of the molecule is CC(N)C(=O)NC(Cc1cnc[nH]1)C(=O)NC(CCCN=C(N)N)C(=O)NC(C(=O)O)C(C)C. The number of rotatable bonds is 14. The van der Waals surface area contributed by atoms with E-state index in [0.717, 1.165) is 0 Å². The smallest absolute Gasteiger partial charge is 0.326 e. The molecular weight excluding hydrogens is 446 g/mol. The Morgan fingerprint density at radius 3 is 2.18 bits per heavy atom. The molecule has 1 aromatic heterocycles. The molecular formula is C20H35N9O5. The predicted molar refractivity (Wildman–Crippen MR) is 124 cm³/mol. The Bertz CT molecular complexity index is 851. The number of H-pyrrole nitrogens is 1. The zero-order valence-electron chi connectivity index (χ0n) is 19.6. The number of imidazole rings is 1. The number of aromatic amines is 1. The number of carboxylic acids is 1. The number of carboxylic acid groups (broad SMARTS) is 1. The molecule has 0 aromatic carbocycles. The van der Waals surface area contributed by atoms with Crippen molar-refractivity contribution in [1.29, 1.82) is 0 Å². The number of carbonyl (C=O) groups is 4. The first kappa shape index (κ1) is 28.4. The third kappa shape index (κ3) is 9.85. The largest absolute Gasteiger partial charge is 0.480 e. The molecule has 0 aliphatic heterocycles. The highest BCUT2D eigenvalue weighted by atomic mass is 16.4. The molecule has 0 fully saturated rings. The molecule has 0 aliphatic rings. The maximum atomic E-state index is 13.1. The monoisotopic (exact) mass is 481 g/mol. The lowest BCUT2D eigenvalue weighted by atomic mass is 10.0. The third-order valence-electron chi connectivity index (χ3n) is 4.83. The van der Waals surface area contributed by atoms with Crippen LogP contribution in [0.4, 0.5) is 0 Å². The molecule has 0 saturated heterocycles. The van der Waals surface area contributed by atoms with E-state index in [4.69, 9.17) is 17.2 Å². The lowest BCUT2D eigenvalue weighted by molar-refractivity contribution is -0.143. The van der Waals surface area contributed by atoms with Crippen molar-refractivity contribution in [2.75, 3.05) is 6.54 Å². The van der Waals surface area contributed by atoms with Crippen molar-refractivity contribution in [2.24, 2.45) is 28.1 Å². The van der Waals surface area contributed by atoms with Gasteiger partial charge in [-0.05, 0) is 25.7 Å². The summed E-state index contributed by atoms with van der Waals surface area (Å²) in [7, 11) is 0. The number of nitrogens with two attached hydrogens (primary N) is 3. The van der Waals surface area contributed by atoms with Gasteiger partial charge in [0.25, 0.3) is 0 Å². The fourth-order valence-corrected chi connectivity index (χ4v) is 2.94. The zero-order valence-corrected chi connectivity index (χ0v) is 19.6. The second-order valence-corrected chi connectivity index (χ2v) is 8.21. The van der Waals surface area contributed by atoms with Crippen molar-refractivity contribution in [3.63, 3.8) is 0 Å². The molecule has 1 heterocycles. The van der Waals surface area contributed by atoms with Gasteiger partial charge in [-0.25, -0.2) is 9.78 Å². The topological polar surface area (TPSA) is 244 Å². The summed E-state index contributed by atoms with van der Waals surface area (Å²) in [6.45, 7) is 4.97. The van der Waals surface area contributed by atoms with E-state index in [1.54, 1.807) is 13.8 Å². The van der Waals surface area contributed by atoms with E-state index in [-0.39, 0.29) is 25.3 Å². The molecule has 0 bridgehead atoms. The summed E-state index contributed by atoms with van der Waals surface area (Å²) in [5.41, 5.74) is 16.8. The minimum atomic E-state index is -1.20. The van der Waals surface area contributed by atoms with Gasteiger partial charge in [-0.2, -0.15) is 0 Å². The van der Waals surface area contributed by atoms with Crippen molar-refractivity contribution in [3.8, 4) is 0 Å². The lowest BCUT2D eigenvalue weighted by Gasteiger charge is -2.25. The van der Waals surface area contributed by atoms with E-state index in [9.17, 15) is 24.3 Å². The van der Waals surface area contributed by atoms with Crippen molar-refractivity contribution in [3.05, 3.63) is 18.2 Å². The van der Waals surface area contributed by atoms with Crippen LogP contribution in [0.15, 0.2) is 17.5 Å². The Kier molecular flexibility index (Phi) is 11.5. The highest BCUT2D eigenvalue weighted by Gasteiger charge is 2.31. The highest BCUT2D eigenvalue weighted by molar-refractivity contribution is 5.94. The van der Waals surface area contributed by atoms with Gasteiger partial charge in [0.1, 0.15) is 18.1 Å². The molecule has 0 aliphatic carbocycles. The summed E-state index contributed by atoms with van der Waals surface area (Å²) in [6.07, 6.45) is 3.44. The number of nitrogens with zero attached hydrogens (tertiary/aromatic N) is 2. The summed E-state index contributed by atoms with van der Waals surface area (Å²) >= 11 is 0. The molecule has 4 unspecified atom stereocenters. The van der Waals surface area contributed by atoms with Gasteiger partial charge in [-0.15, -0.1) is 0 Å². The Morgan fingerprint density at radius 1 is 1.06 bits per heavy atom. The molecule has 14 nitrogen and oxygen atoms in total. The van der Waals surface area contributed by atoms with Crippen LogP contribution in [-0.4, -0.2) is 75.4 Å². The summed E-state index contributed by atoms with van der Waals surface area (Å²) in [5.74, 6) is -3.60. The van der Waals surface area contributed by atoms with Crippen molar-refractivity contribution in [2.45, 2.75) is 64.2 Å². The van der Waals surface area contributed by atoms with Crippen LogP contribution in [0.3, 0.4) is 0 Å². The minimum absolute atomic E-state index is 0.0659. The lowest BCUT2D eigenvalue weighted by Crippen LogP contribution is -2.58. The van der Waals surface area contributed by atoms with Crippen molar-refractivity contribution < 1.29 is 24.3 Å². The van der Waals surface area contributed by atoms with E-state index < -0.39 is 53.8 Å². The van der Waals surface area contributed by atoms with Crippen LogP contribution in [0.1, 0.15) is 39.3 Å². The molecule has 14 heteroatoms. The Morgan fingerprint density at radius 2 is 1.68 bits per heavy atom. The maximum absolute atomic E-state index is 13.1. The van der Waals surface area contributed by atoms with Crippen LogP contribution in [0.5, 0.6) is 0 Å². The van der Waals surface area contributed by atoms with Gasteiger partial charge in [0.05, 0.1) is 12.4 Å². The molecule has 34 heavy (non-hydrogen) atoms. The summed E-state index contributed by atoms with van der Waals surface area (Å²) in [5, 5.41) is 17.0. The standard InChI is InChI=1S/C20H35N9O5/c1-10(2)15(19(33)34)29-17(31)13(5-4-6-25-20(22)23)27-18(32)14(28-16(30)11(3)21)7-12-8-24-9-26-12/h8-11,13-15H,4-7,21H2,1-3H3,(H,24,26)(H,27,32)(H,28,30)(H,29,31)(H,33,34)(H4,22,23,25). The van der Waals surface area contributed by atoms with Crippen LogP contribution >= 0.6 is 0 Å². The van der Waals surface area contributed by atoms with Crippen molar-refractivity contribution >= 4 is 29.7 Å². The van der Waals surface area contributed by atoms with Gasteiger partial charge in [-0.1, -0.05) is 13.8 Å². The summed E-state index contributed by atoms with van der Waals surface area (Å²) < 4.78 is 0. The quantitative estimate of drug-likeness (QED) is 0.0797. The van der Waals surface area contributed by atoms with E-state index in [2.05, 4.69) is 30.9 Å². The molecule has 1 aromatic rings. The van der Waals surface area contributed by atoms with Gasteiger partial charge in [0, 0.05) is 24.9 Å². The molecule has 0 spiro atoms. The number of nitrogens with one attached hydrogen (secondary N) is 4. The van der Waals surface area contributed by atoms with Crippen LogP contribution in [-0.2, 0) is 25.6 Å². The second-order valence-electron chi connectivity index (χ2n) is 8.21. The first-order chi connectivity index (χ1) is 15.9. The number of aliphatic imine (C=N–C) groups is 1. The molecule has 11 N–H and O–H groups in total. The fourth-order valence-electron chi connectivity index (χ4n) is 2.94. The van der Waals surface area contributed by atoms with E-state index >= 15 is 0 Å². The van der Waals surface area contributed by atoms with E-state index in [0.29, 0.717) is 12.1 Å². The van der Waals surface area contributed by atoms with Crippen LogP contribution in [0, 0.1) is 5.92 Å². The fraction of sp³-hybridized carbons (Fsp3) is 0.600. The summed E-state index contributed by atoms with van der Waals surface area (Å²) in [6, 6.07) is -4.17. The molecule has 0 saturated carbocycles. The van der Waals surface area contributed by atoms with Gasteiger partial charge in [-0.3, -0.25) is 19.4 Å². The maximum Gasteiger partial charge on any atom is 0.326 e. The average molecular weight is 482 g/mol. The molecule has 4 atom stereocenters. The molecule has 3 amide bonds. The molecule has 1 rings (SSSR count). The number of carbonyl (C=O) groups excluding carboxylic acids is 3. The van der Waals surface area contributed by atoms with Gasteiger partial charge in [0.15, 0.2) is 5.96 Å². The van der Waals surface area contributed by atoms with E-state index in [1.807, 2.05) is 0 Å². The Hall–Kier alpha value is -3.68. The first-order valence-electron chi connectivity index (χ1n) is 10.8. The highest BCUT2D eigenvalue weighted by Crippen LogP contribution is 2.07. The van der Waals surface area contributed by atoms with Gasteiger partial charge >= 0.3 is 5.97 Å². The van der Waals surface area contributed by atoms with Gasteiger partial charge in [0.2, 0.25) is 17.7 Å². The average Bonchev–Trinajstić information content (AvgIpc) is 3.25. The normalized spacial score (nSPS) is 14.4. The predicted octanol–water partition coefficient (Wildman–Crippen LogP) is -2.45. The number of aliphatic carboxylic acids is 1. The number of guanidine groups is 1. The Balaban J connectivity index is 3.05. The van der Waals surface area contributed by atoms with Crippen LogP contribution in [0.2, 0.25) is 0 Å². The van der Waals surface area contributed by atoms with Crippen LogP contribution in [0.25, 0.3) is 0 Å². The number of amides is 3. The van der Waals surface area contributed by atoms with Crippen molar-refractivity contribution in [1.82, 2.24) is 25.9 Å². The second kappa shape index (κ2) is 13.8. The van der Waals surface area contributed by atoms with E-state index in [1.165, 1.54) is 19.4 Å². The molecule has 0 radical (unpaired) electrons. The minimum Gasteiger partial charge on any atom is -0.480 e. The molecule has 190 valence electrons. The van der Waals surface area contributed by atoms with Gasteiger partial charge < -0.3 is 43.2 Å². The zero-order chi connectivity index (χ0) is 25.8. The van der Waals surface area contributed by atoms with Crippen LogP contribution < -0.4 is 33.2 Å². The number of hydrogen-bond donors (Lipinski definition) is 8. The summed E-state index contributed by atoms with van der Waals surface area (Å²) in [4.78, 5) is 60.2.